The average Bonchev–Trinajstić information content (AvgIpc) is 3.52. The predicted molar refractivity (Wildman–Crippen MR) is 163 cm³/mol. The molecule has 39 heavy (non-hydrogen) atoms. The number of carbonyl (C=O) groups excluding carboxylic acids is 1. The largest absolute Gasteiger partial charge is 0.372 e. The van der Waals surface area contributed by atoms with Gasteiger partial charge in [0.25, 0.3) is 0 Å². The molecular formula is C30H40N6OS2. The smallest absolute Gasteiger partial charge is 0.235 e. The highest BCUT2D eigenvalue weighted by Gasteiger charge is 2.34. The van der Waals surface area contributed by atoms with Crippen molar-refractivity contribution < 1.29 is 4.79 Å². The predicted octanol–water partition coefficient (Wildman–Crippen LogP) is 7.02. The summed E-state index contributed by atoms with van der Waals surface area (Å²) < 4.78 is 2.05. The van der Waals surface area contributed by atoms with Crippen molar-refractivity contribution in [2.24, 2.45) is 11.3 Å². The number of benzene rings is 1. The van der Waals surface area contributed by atoms with E-state index in [2.05, 4.69) is 92.3 Å². The monoisotopic (exact) mass is 564 g/mol. The molecule has 0 saturated carbocycles. The fourth-order valence-corrected chi connectivity index (χ4v) is 7.44. The summed E-state index contributed by atoms with van der Waals surface area (Å²) in [5, 5.41) is 23.2. The van der Waals surface area contributed by atoms with E-state index in [1.165, 1.54) is 22.3 Å². The van der Waals surface area contributed by atoms with E-state index < -0.39 is 0 Å². The van der Waals surface area contributed by atoms with Gasteiger partial charge in [-0.15, -0.1) is 21.5 Å². The number of thioether (sulfide) groups is 1. The summed E-state index contributed by atoms with van der Waals surface area (Å²) >= 11 is 2.96. The summed E-state index contributed by atoms with van der Waals surface area (Å²) in [5.74, 6) is 1.48. The van der Waals surface area contributed by atoms with E-state index in [0.717, 1.165) is 55.7 Å². The third-order valence-electron chi connectivity index (χ3n) is 8.27. The lowest BCUT2D eigenvalue weighted by molar-refractivity contribution is -0.113. The van der Waals surface area contributed by atoms with Gasteiger partial charge in [0.15, 0.2) is 11.0 Å². The Morgan fingerprint density at radius 1 is 1.21 bits per heavy atom. The van der Waals surface area contributed by atoms with Crippen LogP contribution in [0.5, 0.6) is 0 Å². The number of fused-ring (bicyclic) bond motifs is 1. The number of nitriles is 1. The molecule has 0 saturated heterocycles. The second-order valence-corrected chi connectivity index (χ2v) is 12.8. The Labute approximate surface area is 241 Å². The zero-order chi connectivity index (χ0) is 28.2. The van der Waals surface area contributed by atoms with Crippen LogP contribution in [0, 0.1) is 22.7 Å². The van der Waals surface area contributed by atoms with Crippen molar-refractivity contribution in [3.05, 3.63) is 40.3 Å². The molecule has 7 nitrogen and oxygen atoms in total. The van der Waals surface area contributed by atoms with Gasteiger partial charge in [-0.3, -0.25) is 4.79 Å². The zero-order valence-electron chi connectivity index (χ0n) is 24.0. The number of hydrogen-bond acceptors (Lipinski definition) is 7. The average molecular weight is 565 g/mol. The molecule has 4 rings (SSSR count). The Morgan fingerprint density at radius 3 is 2.54 bits per heavy atom. The van der Waals surface area contributed by atoms with E-state index in [1.54, 1.807) is 11.3 Å². The van der Waals surface area contributed by atoms with Gasteiger partial charge < -0.3 is 14.8 Å². The standard InChI is InChI=1S/C30H40N6OS2/c1-7-30(5,6)21-13-16-23-24(18-31)28(39-25(23)17-21)32-26(37)19-38-29-34-33-27(36(29)10-4)20-11-14-22(15-12-20)35(8-2)9-3/h11-12,14-15,21H,7-10,13,16-17,19H2,1-6H3,(H,32,37). The Bertz CT molecular complexity index is 1330. The van der Waals surface area contributed by atoms with E-state index in [0.29, 0.717) is 28.2 Å². The third-order valence-corrected chi connectivity index (χ3v) is 10.4. The zero-order valence-corrected chi connectivity index (χ0v) is 25.6. The second-order valence-electron chi connectivity index (χ2n) is 10.7. The number of aromatic nitrogens is 3. The van der Waals surface area contributed by atoms with E-state index in [1.807, 2.05) is 4.57 Å². The Hall–Kier alpha value is -2.83. The van der Waals surface area contributed by atoms with Crippen molar-refractivity contribution in [3.8, 4) is 17.5 Å². The molecule has 0 fully saturated rings. The first-order valence-electron chi connectivity index (χ1n) is 14.0. The van der Waals surface area contributed by atoms with E-state index >= 15 is 0 Å². The summed E-state index contributed by atoms with van der Waals surface area (Å²) in [6.07, 6.45) is 4.12. The van der Waals surface area contributed by atoms with Gasteiger partial charge in [-0.05, 0) is 81.2 Å². The SMILES string of the molecule is CCN(CC)c1ccc(-c2nnc(SCC(=O)Nc3sc4c(c3C#N)CCC(C(C)(C)CC)C4)n2CC)cc1. The van der Waals surface area contributed by atoms with Gasteiger partial charge in [0.05, 0.1) is 11.3 Å². The lowest BCUT2D eigenvalue weighted by Crippen LogP contribution is -2.28. The maximum Gasteiger partial charge on any atom is 0.235 e. The second kappa shape index (κ2) is 12.6. The molecule has 1 aliphatic rings. The molecule has 2 aromatic heterocycles. The van der Waals surface area contributed by atoms with Crippen LogP contribution in [0.25, 0.3) is 11.4 Å². The molecule has 1 aromatic carbocycles. The van der Waals surface area contributed by atoms with E-state index in [9.17, 15) is 10.1 Å². The minimum Gasteiger partial charge on any atom is -0.372 e. The quantitative estimate of drug-likeness (QED) is 0.252. The number of carbonyl (C=O) groups is 1. The molecule has 208 valence electrons. The van der Waals surface area contributed by atoms with Crippen LogP contribution in [0.3, 0.4) is 0 Å². The van der Waals surface area contributed by atoms with E-state index in [4.69, 9.17) is 0 Å². The number of nitrogens with one attached hydrogen (secondary N) is 1. The van der Waals surface area contributed by atoms with Crippen LogP contribution in [0.1, 0.15) is 70.4 Å². The van der Waals surface area contributed by atoms with Crippen LogP contribution in [0.4, 0.5) is 10.7 Å². The molecule has 0 spiro atoms. The van der Waals surface area contributed by atoms with Crippen LogP contribution in [0.15, 0.2) is 29.4 Å². The highest BCUT2D eigenvalue weighted by atomic mass is 32.2. The normalized spacial score (nSPS) is 15.1. The topological polar surface area (TPSA) is 86.8 Å². The van der Waals surface area contributed by atoms with Gasteiger partial charge in [-0.2, -0.15) is 5.26 Å². The Balaban J connectivity index is 1.43. The number of amides is 1. The van der Waals surface area contributed by atoms with Gasteiger partial charge in [-0.25, -0.2) is 0 Å². The van der Waals surface area contributed by atoms with Gasteiger partial charge in [0, 0.05) is 35.8 Å². The van der Waals surface area contributed by atoms with Crippen LogP contribution in [-0.2, 0) is 24.2 Å². The Morgan fingerprint density at radius 2 is 1.92 bits per heavy atom. The first-order chi connectivity index (χ1) is 18.8. The van der Waals surface area contributed by atoms with Crippen LogP contribution >= 0.6 is 23.1 Å². The van der Waals surface area contributed by atoms with Crippen molar-refractivity contribution in [1.82, 2.24) is 14.8 Å². The highest BCUT2D eigenvalue weighted by Crippen LogP contribution is 2.45. The maximum atomic E-state index is 13.0. The summed E-state index contributed by atoms with van der Waals surface area (Å²) in [6.45, 7) is 15.9. The molecule has 9 heteroatoms. The van der Waals surface area contributed by atoms with Gasteiger partial charge in [0.1, 0.15) is 11.1 Å². The number of rotatable bonds is 11. The molecule has 3 aromatic rings. The van der Waals surface area contributed by atoms with Gasteiger partial charge in [-0.1, -0.05) is 39.0 Å². The van der Waals surface area contributed by atoms with Crippen molar-refractivity contribution in [2.45, 2.75) is 78.9 Å². The molecule has 0 bridgehead atoms. The minimum atomic E-state index is -0.128. The minimum absolute atomic E-state index is 0.128. The third kappa shape index (κ3) is 6.17. The van der Waals surface area contributed by atoms with Crippen molar-refractivity contribution >= 4 is 39.7 Å². The lowest BCUT2D eigenvalue weighted by Gasteiger charge is -2.36. The molecule has 1 aliphatic carbocycles. The van der Waals surface area contributed by atoms with Crippen molar-refractivity contribution in [3.63, 3.8) is 0 Å². The van der Waals surface area contributed by atoms with Crippen LogP contribution in [-0.4, -0.2) is 39.5 Å². The molecule has 0 aliphatic heterocycles. The fraction of sp³-hybridized carbons (Fsp3) is 0.533. The Kier molecular flexibility index (Phi) is 9.39. The molecule has 1 unspecified atom stereocenters. The molecule has 0 radical (unpaired) electrons. The van der Waals surface area contributed by atoms with Crippen molar-refractivity contribution in [2.75, 3.05) is 29.1 Å². The number of hydrogen-bond donors (Lipinski definition) is 1. The van der Waals surface area contributed by atoms with Gasteiger partial charge in [0.2, 0.25) is 5.91 Å². The van der Waals surface area contributed by atoms with Crippen LogP contribution in [0.2, 0.25) is 0 Å². The molecule has 2 heterocycles. The molecule has 1 atom stereocenters. The summed E-state index contributed by atoms with van der Waals surface area (Å²) in [7, 11) is 0. The van der Waals surface area contributed by atoms with Gasteiger partial charge >= 0.3 is 0 Å². The molecule has 1 N–H and O–H groups in total. The van der Waals surface area contributed by atoms with E-state index in [-0.39, 0.29) is 17.1 Å². The first-order valence-corrected chi connectivity index (χ1v) is 15.8. The summed E-state index contributed by atoms with van der Waals surface area (Å²) in [6, 6.07) is 10.8. The van der Waals surface area contributed by atoms with Crippen LogP contribution < -0.4 is 10.2 Å². The summed E-state index contributed by atoms with van der Waals surface area (Å²) in [4.78, 5) is 16.5. The fourth-order valence-electron chi connectivity index (χ4n) is 5.34. The number of anilines is 2. The maximum absolute atomic E-state index is 13.0. The summed E-state index contributed by atoms with van der Waals surface area (Å²) in [5.41, 5.74) is 4.25. The molecular weight excluding hydrogens is 525 g/mol. The van der Waals surface area contributed by atoms with Crippen molar-refractivity contribution in [1.29, 1.82) is 5.26 Å². The first kappa shape index (κ1) is 29.2. The molecule has 1 amide bonds. The number of thiophene rings is 1. The number of nitrogens with zero attached hydrogens (tertiary/aromatic N) is 5. The lowest BCUT2D eigenvalue weighted by atomic mass is 9.69. The highest BCUT2D eigenvalue weighted by molar-refractivity contribution is 7.99.